The van der Waals surface area contributed by atoms with Crippen LogP contribution in [0, 0.1) is 15.9 Å². The Morgan fingerprint density at radius 2 is 1.48 bits per heavy atom. The second kappa shape index (κ2) is 6.95. The molecule has 0 spiro atoms. The highest BCUT2D eigenvalue weighted by Crippen LogP contribution is 2.32. The number of anilines is 1. The van der Waals surface area contributed by atoms with E-state index in [1.165, 1.54) is 41.5 Å². The van der Waals surface area contributed by atoms with Crippen molar-refractivity contribution in [3.63, 3.8) is 0 Å². The van der Waals surface area contributed by atoms with Gasteiger partial charge in [0.2, 0.25) is 0 Å². The summed E-state index contributed by atoms with van der Waals surface area (Å²) in [6, 6.07) is 18.5. The molecule has 3 aromatic carbocycles. The first kappa shape index (κ1) is 16.8. The predicted octanol–water partition coefficient (Wildman–Crippen LogP) is 5.67. The van der Waals surface area contributed by atoms with E-state index in [0.717, 1.165) is 0 Å². The zero-order valence-electron chi connectivity index (χ0n) is 14.2. The van der Waals surface area contributed by atoms with Gasteiger partial charge in [-0.1, -0.05) is 24.3 Å². The molecular weight excluding hydrogens is 347 g/mol. The molecule has 0 N–H and O–H groups in total. The average molecular weight is 362 g/mol. The van der Waals surface area contributed by atoms with Gasteiger partial charge in [0.15, 0.2) is 0 Å². The summed E-state index contributed by atoms with van der Waals surface area (Å²) in [5.41, 5.74) is 3.76. The number of halogens is 1. The number of benzene rings is 3. The number of non-ortho nitro benzene ring substituents is 1. The van der Waals surface area contributed by atoms with Gasteiger partial charge in [-0.3, -0.25) is 10.1 Å². The normalized spacial score (nSPS) is 13.1. The maximum absolute atomic E-state index is 14.6. The molecular formula is C20H15FN4O2. The smallest absolute Gasteiger partial charge is 0.269 e. The Kier molecular flexibility index (Phi) is 4.33. The van der Waals surface area contributed by atoms with Crippen LogP contribution < -0.4 is 4.90 Å². The van der Waals surface area contributed by atoms with Crippen LogP contribution in [0.3, 0.4) is 0 Å². The number of nitro groups is 1. The van der Waals surface area contributed by atoms with Gasteiger partial charge in [0.05, 0.1) is 22.0 Å². The van der Waals surface area contributed by atoms with E-state index in [1.54, 1.807) is 12.1 Å². The molecule has 6 nitrogen and oxygen atoms in total. The molecule has 27 heavy (non-hydrogen) atoms. The van der Waals surface area contributed by atoms with Gasteiger partial charge in [-0.2, -0.15) is 10.2 Å². The fraction of sp³-hybridized carbons (Fsp3) is 0.100. The monoisotopic (exact) mass is 362 g/mol. The van der Waals surface area contributed by atoms with Gasteiger partial charge in [0.25, 0.3) is 5.69 Å². The second-order valence-electron chi connectivity index (χ2n) is 6.23. The Morgan fingerprint density at radius 1 is 0.889 bits per heavy atom. The van der Waals surface area contributed by atoms with Crippen molar-refractivity contribution in [3.05, 3.63) is 93.8 Å². The van der Waals surface area contributed by atoms with Crippen LogP contribution in [0.25, 0.3) is 0 Å². The minimum Gasteiger partial charge on any atom is -0.360 e. The lowest BCUT2D eigenvalue weighted by Gasteiger charge is -2.18. The number of azo groups is 1. The zero-order chi connectivity index (χ0) is 18.8. The lowest BCUT2D eigenvalue weighted by atomic mass is 10.1. The number of hydrogen-bond acceptors (Lipinski definition) is 5. The molecule has 134 valence electrons. The quantitative estimate of drug-likeness (QED) is 0.341. The van der Waals surface area contributed by atoms with E-state index < -0.39 is 4.92 Å². The largest absolute Gasteiger partial charge is 0.360 e. The van der Waals surface area contributed by atoms with Gasteiger partial charge < -0.3 is 4.90 Å². The predicted molar refractivity (Wildman–Crippen MR) is 100 cm³/mol. The number of nitro benzene ring substituents is 1. The van der Waals surface area contributed by atoms with E-state index in [0.29, 0.717) is 30.2 Å². The third-order valence-corrected chi connectivity index (χ3v) is 4.45. The van der Waals surface area contributed by atoms with Crippen LogP contribution in [0.4, 0.5) is 27.1 Å². The Labute approximate surface area is 154 Å². The summed E-state index contributed by atoms with van der Waals surface area (Å²) in [7, 11) is 0. The van der Waals surface area contributed by atoms with Crippen molar-refractivity contribution in [1.82, 2.24) is 0 Å². The first-order valence-corrected chi connectivity index (χ1v) is 8.37. The van der Waals surface area contributed by atoms with Crippen molar-refractivity contribution in [2.75, 3.05) is 4.90 Å². The standard InChI is InChI=1S/C20H15FN4O2/c21-19-11-17(23-22-16-5-8-18(9-6-16)25(26)27)7-10-20(19)24-12-14-3-1-2-4-15(14)13-24/h1-11H,12-13H2. The molecule has 0 fully saturated rings. The van der Waals surface area contributed by atoms with Crippen molar-refractivity contribution in [2.45, 2.75) is 13.1 Å². The molecule has 0 aromatic heterocycles. The average Bonchev–Trinajstić information content (AvgIpc) is 3.10. The molecule has 0 unspecified atom stereocenters. The molecule has 1 aliphatic heterocycles. The fourth-order valence-corrected chi connectivity index (χ4v) is 3.07. The number of nitrogens with zero attached hydrogens (tertiary/aromatic N) is 4. The van der Waals surface area contributed by atoms with Gasteiger partial charge in [-0.05, 0) is 35.4 Å². The van der Waals surface area contributed by atoms with E-state index in [9.17, 15) is 14.5 Å². The highest BCUT2D eigenvalue weighted by atomic mass is 19.1. The zero-order valence-corrected chi connectivity index (χ0v) is 14.2. The van der Waals surface area contributed by atoms with E-state index >= 15 is 0 Å². The molecule has 0 atom stereocenters. The summed E-state index contributed by atoms with van der Waals surface area (Å²) in [6.45, 7) is 1.35. The van der Waals surface area contributed by atoms with E-state index in [4.69, 9.17) is 0 Å². The Hall–Kier alpha value is -3.61. The maximum Gasteiger partial charge on any atom is 0.269 e. The molecule has 0 saturated carbocycles. The minimum absolute atomic E-state index is 0.0176. The molecule has 0 radical (unpaired) electrons. The van der Waals surface area contributed by atoms with Crippen molar-refractivity contribution < 1.29 is 9.31 Å². The summed E-state index contributed by atoms with van der Waals surface area (Å²) >= 11 is 0. The van der Waals surface area contributed by atoms with E-state index in [-0.39, 0.29) is 11.5 Å². The van der Waals surface area contributed by atoms with Crippen molar-refractivity contribution in [3.8, 4) is 0 Å². The molecule has 0 aliphatic carbocycles. The highest BCUT2D eigenvalue weighted by Gasteiger charge is 2.21. The van der Waals surface area contributed by atoms with Gasteiger partial charge in [-0.25, -0.2) is 4.39 Å². The van der Waals surface area contributed by atoms with Crippen LogP contribution in [0.1, 0.15) is 11.1 Å². The highest BCUT2D eigenvalue weighted by molar-refractivity contribution is 5.57. The molecule has 1 heterocycles. The van der Waals surface area contributed by atoms with Crippen molar-refractivity contribution in [2.24, 2.45) is 10.2 Å². The van der Waals surface area contributed by atoms with Gasteiger partial charge in [-0.15, -0.1) is 0 Å². The minimum atomic E-state index is -0.480. The van der Waals surface area contributed by atoms with Crippen LogP contribution >= 0.6 is 0 Å². The van der Waals surface area contributed by atoms with Crippen molar-refractivity contribution in [1.29, 1.82) is 0 Å². The van der Waals surface area contributed by atoms with Crippen LogP contribution in [0.2, 0.25) is 0 Å². The number of fused-ring (bicyclic) bond motifs is 1. The Bertz CT molecular complexity index is 1010. The Balaban J connectivity index is 1.50. The summed E-state index contributed by atoms with van der Waals surface area (Å²) in [6.07, 6.45) is 0. The van der Waals surface area contributed by atoms with E-state index in [2.05, 4.69) is 22.4 Å². The first-order valence-electron chi connectivity index (χ1n) is 8.37. The lowest BCUT2D eigenvalue weighted by molar-refractivity contribution is -0.384. The fourth-order valence-electron chi connectivity index (χ4n) is 3.07. The second-order valence-corrected chi connectivity index (χ2v) is 6.23. The molecule has 4 rings (SSSR count). The summed E-state index contributed by atoms with van der Waals surface area (Å²) in [5.74, 6) is -0.358. The lowest BCUT2D eigenvalue weighted by Crippen LogP contribution is -2.15. The van der Waals surface area contributed by atoms with Crippen LogP contribution in [-0.2, 0) is 13.1 Å². The maximum atomic E-state index is 14.6. The third kappa shape index (κ3) is 3.52. The molecule has 7 heteroatoms. The van der Waals surface area contributed by atoms with Crippen LogP contribution in [-0.4, -0.2) is 4.92 Å². The summed E-state index contributed by atoms with van der Waals surface area (Å²) in [4.78, 5) is 12.2. The van der Waals surface area contributed by atoms with Gasteiger partial charge in [0, 0.05) is 31.3 Å². The molecule has 3 aromatic rings. The Morgan fingerprint density at radius 3 is 2.07 bits per heavy atom. The van der Waals surface area contributed by atoms with Gasteiger partial charge in [0.1, 0.15) is 5.82 Å². The number of rotatable bonds is 4. The molecule has 0 amide bonds. The van der Waals surface area contributed by atoms with Crippen molar-refractivity contribution >= 4 is 22.7 Å². The van der Waals surface area contributed by atoms with Gasteiger partial charge >= 0.3 is 0 Å². The molecule has 0 saturated heterocycles. The van der Waals surface area contributed by atoms with Crippen LogP contribution in [0.15, 0.2) is 77.0 Å². The third-order valence-electron chi connectivity index (χ3n) is 4.45. The van der Waals surface area contributed by atoms with E-state index in [1.807, 2.05) is 17.0 Å². The topological polar surface area (TPSA) is 71.1 Å². The SMILES string of the molecule is O=[N+]([O-])c1ccc(N=Nc2ccc(N3Cc4ccccc4C3)c(F)c2)cc1. The summed E-state index contributed by atoms with van der Waals surface area (Å²) < 4.78 is 14.6. The first-order chi connectivity index (χ1) is 13.1. The molecule has 0 bridgehead atoms. The summed E-state index contributed by atoms with van der Waals surface area (Å²) in [5, 5.41) is 18.7. The number of hydrogen-bond donors (Lipinski definition) is 0. The van der Waals surface area contributed by atoms with Crippen LogP contribution in [0.5, 0.6) is 0 Å². The molecule has 1 aliphatic rings.